The van der Waals surface area contributed by atoms with E-state index in [0.717, 1.165) is 43.7 Å². The van der Waals surface area contributed by atoms with E-state index in [1.165, 1.54) is 12.1 Å². The van der Waals surface area contributed by atoms with Gasteiger partial charge in [0.1, 0.15) is 11.6 Å². The van der Waals surface area contributed by atoms with Gasteiger partial charge in [0.25, 0.3) is 0 Å². The first-order valence-electron chi connectivity index (χ1n) is 8.82. The molecular formula is C21H22F2O2. The summed E-state index contributed by atoms with van der Waals surface area (Å²) in [6.45, 7) is 2.19. The molecule has 3 rings (SSSR count). The number of hydrogen-bond donors (Lipinski definition) is 1. The van der Waals surface area contributed by atoms with Crippen LogP contribution in [0.3, 0.4) is 0 Å². The predicted octanol–water partition coefficient (Wildman–Crippen LogP) is 6.01. The Kier molecular flexibility index (Phi) is 5.16. The Balaban J connectivity index is 1.99. The second-order valence-electron chi connectivity index (χ2n) is 6.86. The molecule has 0 radical (unpaired) electrons. The highest BCUT2D eigenvalue weighted by molar-refractivity contribution is 5.90. The van der Waals surface area contributed by atoms with Crippen LogP contribution in [0.1, 0.15) is 60.9 Å². The van der Waals surface area contributed by atoms with Crippen LogP contribution >= 0.6 is 0 Å². The zero-order valence-corrected chi connectivity index (χ0v) is 14.3. The Labute approximate surface area is 146 Å². The average Bonchev–Trinajstić information content (AvgIpc) is 2.61. The van der Waals surface area contributed by atoms with Gasteiger partial charge in [0, 0.05) is 11.6 Å². The molecule has 2 nitrogen and oxygen atoms in total. The van der Waals surface area contributed by atoms with Crippen molar-refractivity contribution in [1.29, 1.82) is 0 Å². The molecule has 0 unspecified atom stereocenters. The predicted molar refractivity (Wildman–Crippen MR) is 93.7 cm³/mol. The second kappa shape index (κ2) is 7.34. The highest BCUT2D eigenvalue weighted by atomic mass is 19.1. The van der Waals surface area contributed by atoms with Crippen molar-refractivity contribution in [2.24, 2.45) is 5.92 Å². The van der Waals surface area contributed by atoms with E-state index in [1.807, 2.05) is 0 Å². The fraction of sp³-hybridized carbons (Fsp3) is 0.381. The Morgan fingerprint density at radius 1 is 1.08 bits per heavy atom. The van der Waals surface area contributed by atoms with Crippen molar-refractivity contribution in [3.05, 3.63) is 59.2 Å². The van der Waals surface area contributed by atoms with Crippen LogP contribution in [0.5, 0.6) is 0 Å². The summed E-state index contributed by atoms with van der Waals surface area (Å²) in [5.74, 6) is -1.33. The summed E-state index contributed by atoms with van der Waals surface area (Å²) in [5.41, 5.74) is 1.94. The number of aromatic carboxylic acids is 1. The first kappa shape index (κ1) is 17.6. The van der Waals surface area contributed by atoms with Crippen LogP contribution in [0.4, 0.5) is 8.78 Å². The van der Waals surface area contributed by atoms with Crippen LogP contribution in [-0.4, -0.2) is 11.1 Å². The molecule has 1 saturated carbocycles. The smallest absolute Gasteiger partial charge is 0.335 e. The molecule has 1 fully saturated rings. The normalized spacial score (nSPS) is 20.4. The Morgan fingerprint density at radius 3 is 2.40 bits per heavy atom. The Morgan fingerprint density at radius 2 is 1.80 bits per heavy atom. The van der Waals surface area contributed by atoms with Crippen molar-refractivity contribution < 1.29 is 18.7 Å². The van der Waals surface area contributed by atoms with Gasteiger partial charge in [0.15, 0.2) is 0 Å². The summed E-state index contributed by atoms with van der Waals surface area (Å²) >= 11 is 0. The fourth-order valence-corrected chi connectivity index (χ4v) is 3.87. The van der Waals surface area contributed by atoms with Crippen molar-refractivity contribution in [3.63, 3.8) is 0 Å². The van der Waals surface area contributed by atoms with Gasteiger partial charge in [-0.25, -0.2) is 13.6 Å². The van der Waals surface area contributed by atoms with E-state index in [-0.39, 0.29) is 11.5 Å². The maximum absolute atomic E-state index is 14.1. The molecule has 1 N–H and O–H groups in total. The van der Waals surface area contributed by atoms with Crippen molar-refractivity contribution in [2.45, 2.75) is 44.9 Å². The van der Waals surface area contributed by atoms with Gasteiger partial charge in [0.2, 0.25) is 0 Å². The summed E-state index contributed by atoms with van der Waals surface area (Å²) in [5, 5.41) is 9.52. The molecule has 25 heavy (non-hydrogen) atoms. The highest BCUT2D eigenvalue weighted by Crippen LogP contribution is 2.39. The molecule has 132 valence electrons. The molecule has 0 heterocycles. The van der Waals surface area contributed by atoms with E-state index >= 15 is 0 Å². The van der Waals surface area contributed by atoms with Crippen LogP contribution in [0.15, 0.2) is 36.4 Å². The minimum atomic E-state index is -0.959. The first-order chi connectivity index (χ1) is 12.0. The quantitative estimate of drug-likeness (QED) is 0.737. The van der Waals surface area contributed by atoms with Gasteiger partial charge in [-0.1, -0.05) is 19.4 Å². The lowest BCUT2D eigenvalue weighted by molar-refractivity contribution is 0.0694. The molecule has 0 spiro atoms. The van der Waals surface area contributed by atoms with Gasteiger partial charge in [-0.2, -0.15) is 0 Å². The molecule has 1 aliphatic rings. The van der Waals surface area contributed by atoms with E-state index in [1.54, 1.807) is 18.2 Å². The van der Waals surface area contributed by atoms with Gasteiger partial charge in [-0.3, -0.25) is 0 Å². The highest BCUT2D eigenvalue weighted by Gasteiger charge is 2.25. The van der Waals surface area contributed by atoms with Crippen LogP contribution < -0.4 is 0 Å². The zero-order valence-electron chi connectivity index (χ0n) is 14.3. The number of hydrogen-bond acceptors (Lipinski definition) is 1. The molecular weight excluding hydrogens is 322 g/mol. The van der Waals surface area contributed by atoms with E-state index in [4.69, 9.17) is 0 Å². The third-order valence-electron chi connectivity index (χ3n) is 5.39. The van der Waals surface area contributed by atoms with E-state index in [0.29, 0.717) is 17.0 Å². The Hall–Kier alpha value is -2.23. The number of benzene rings is 2. The summed E-state index contributed by atoms with van der Waals surface area (Å²) in [6, 6.07) is 8.39. The summed E-state index contributed by atoms with van der Waals surface area (Å²) < 4.78 is 27.3. The number of carboxylic acids is 1. The van der Waals surface area contributed by atoms with Crippen molar-refractivity contribution >= 4 is 5.97 Å². The van der Waals surface area contributed by atoms with Gasteiger partial charge in [-0.05, 0) is 72.9 Å². The van der Waals surface area contributed by atoms with Crippen LogP contribution in [0.2, 0.25) is 0 Å². The fourth-order valence-electron chi connectivity index (χ4n) is 3.87. The van der Waals surface area contributed by atoms with E-state index in [9.17, 15) is 18.7 Å². The second-order valence-corrected chi connectivity index (χ2v) is 6.86. The molecule has 4 heteroatoms. The molecule has 1 aliphatic carbocycles. The van der Waals surface area contributed by atoms with Crippen LogP contribution in [0.25, 0.3) is 11.1 Å². The monoisotopic (exact) mass is 344 g/mol. The van der Waals surface area contributed by atoms with Crippen molar-refractivity contribution in [1.82, 2.24) is 0 Å². The third kappa shape index (κ3) is 3.73. The summed E-state index contributed by atoms with van der Waals surface area (Å²) in [7, 11) is 0. The molecule has 2 aromatic carbocycles. The minimum Gasteiger partial charge on any atom is -0.478 e. The average molecular weight is 344 g/mol. The van der Waals surface area contributed by atoms with Gasteiger partial charge >= 0.3 is 5.97 Å². The minimum absolute atomic E-state index is 0.178. The van der Waals surface area contributed by atoms with Gasteiger partial charge in [0.05, 0.1) is 5.56 Å². The number of carboxylic acid groups (broad SMARTS) is 1. The maximum atomic E-state index is 14.1. The van der Waals surface area contributed by atoms with Crippen LogP contribution in [0, 0.1) is 17.6 Å². The lowest BCUT2D eigenvalue weighted by Gasteiger charge is -2.29. The molecule has 0 amide bonds. The molecule has 0 saturated heterocycles. The zero-order chi connectivity index (χ0) is 18.0. The Bertz CT molecular complexity index is 777. The molecule has 2 aromatic rings. The third-order valence-corrected chi connectivity index (χ3v) is 5.39. The van der Waals surface area contributed by atoms with Crippen molar-refractivity contribution in [2.75, 3.05) is 0 Å². The maximum Gasteiger partial charge on any atom is 0.335 e. The number of rotatable bonds is 4. The van der Waals surface area contributed by atoms with Crippen LogP contribution in [-0.2, 0) is 0 Å². The molecule has 0 bridgehead atoms. The number of halogens is 2. The summed E-state index contributed by atoms with van der Waals surface area (Å²) in [4.78, 5) is 11.6. The lowest BCUT2D eigenvalue weighted by Crippen LogP contribution is -2.15. The van der Waals surface area contributed by atoms with Gasteiger partial charge in [-0.15, -0.1) is 0 Å². The molecule has 0 atom stereocenters. The van der Waals surface area contributed by atoms with Crippen molar-refractivity contribution in [3.8, 4) is 11.1 Å². The first-order valence-corrected chi connectivity index (χ1v) is 8.82. The van der Waals surface area contributed by atoms with E-state index in [2.05, 4.69) is 6.92 Å². The standard InChI is InChI=1S/C21H22F2O2/c1-2-13-3-5-14(6-4-13)19-11-15(7-9-18(19)21(24)25)17-10-8-16(22)12-20(17)23/h7-14H,2-6H2,1H3,(H,24,25). The largest absolute Gasteiger partial charge is 0.478 e. The SMILES string of the molecule is CCC1CCC(c2cc(-c3ccc(F)cc3F)ccc2C(=O)O)CC1. The number of carbonyl (C=O) groups is 1. The molecule has 0 aliphatic heterocycles. The van der Waals surface area contributed by atoms with Gasteiger partial charge < -0.3 is 5.11 Å². The molecule has 0 aromatic heterocycles. The lowest BCUT2D eigenvalue weighted by atomic mass is 9.76. The topological polar surface area (TPSA) is 37.3 Å². The van der Waals surface area contributed by atoms with E-state index < -0.39 is 17.6 Å². The summed E-state index contributed by atoms with van der Waals surface area (Å²) in [6.07, 6.45) is 5.24.